The molecule has 1 heterocycles. The van der Waals surface area contributed by atoms with Gasteiger partial charge in [-0.15, -0.1) is 0 Å². The van der Waals surface area contributed by atoms with Crippen LogP contribution in [0.3, 0.4) is 0 Å². The molecule has 0 radical (unpaired) electrons. The molecule has 3 aromatic carbocycles. The third-order valence-electron chi connectivity index (χ3n) is 8.47. The van der Waals surface area contributed by atoms with Gasteiger partial charge in [0.2, 0.25) is 11.8 Å². The van der Waals surface area contributed by atoms with E-state index < -0.39 is 11.0 Å². The molecule has 0 bridgehead atoms. The average molecular weight is 583 g/mol. The van der Waals surface area contributed by atoms with Gasteiger partial charge in [-0.3, -0.25) is 9.59 Å². The van der Waals surface area contributed by atoms with Gasteiger partial charge in [-0.25, -0.2) is 4.39 Å². The molecule has 0 aromatic heterocycles. The number of amides is 2. The Kier molecular flexibility index (Phi) is 8.23. The summed E-state index contributed by atoms with van der Waals surface area (Å²) in [5.41, 5.74) is 1.70. The van der Waals surface area contributed by atoms with E-state index in [9.17, 15) is 14.0 Å². The van der Waals surface area contributed by atoms with Crippen LogP contribution in [0, 0.1) is 11.7 Å². The monoisotopic (exact) mass is 581 g/mol. The number of likely N-dealkylation sites (N-methyl/N-ethyl adjacent to an activating group) is 1. The van der Waals surface area contributed by atoms with Crippen LogP contribution in [0.5, 0.6) is 0 Å². The number of halogens is 3. The number of nitrogens with zero attached hydrogens (tertiary/aromatic N) is 2. The molecule has 0 unspecified atom stereocenters. The number of hydrogen-bond acceptors (Lipinski definition) is 3. The van der Waals surface area contributed by atoms with Crippen LogP contribution in [0.1, 0.15) is 42.9 Å². The van der Waals surface area contributed by atoms with Gasteiger partial charge in [0.05, 0.1) is 11.0 Å². The lowest BCUT2D eigenvalue weighted by atomic mass is 9.80. The van der Waals surface area contributed by atoms with E-state index in [1.807, 2.05) is 30.3 Å². The van der Waals surface area contributed by atoms with Crippen LogP contribution in [0.2, 0.25) is 10.0 Å². The number of carbonyl (C=O) groups excluding carboxylic acids is 2. The maximum absolute atomic E-state index is 14.1. The second-order valence-electron chi connectivity index (χ2n) is 11.2. The molecule has 1 saturated heterocycles. The van der Waals surface area contributed by atoms with Crippen molar-refractivity contribution in [2.24, 2.45) is 5.92 Å². The number of rotatable bonds is 8. The van der Waals surface area contributed by atoms with Crippen LogP contribution < -0.4 is 5.32 Å². The van der Waals surface area contributed by atoms with E-state index in [4.69, 9.17) is 23.2 Å². The smallest absolute Gasteiger partial charge is 0.233 e. The maximum Gasteiger partial charge on any atom is 0.233 e. The van der Waals surface area contributed by atoms with Gasteiger partial charge in [0.15, 0.2) is 0 Å². The van der Waals surface area contributed by atoms with Crippen LogP contribution >= 0.6 is 23.2 Å². The minimum Gasteiger partial charge on any atom is -0.347 e. The second kappa shape index (κ2) is 11.5. The third-order valence-corrected chi connectivity index (χ3v) is 8.91. The van der Waals surface area contributed by atoms with E-state index >= 15 is 0 Å². The number of carbonyl (C=O) groups is 2. The molecule has 1 aliphatic carbocycles. The molecular formula is C32H34Cl2FN3O2. The fourth-order valence-electron chi connectivity index (χ4n) is 6.39. The number of nitrogens with one attached hydrogen (secondary N) is 1. The Balaban J connectivity index is 1.34. The molecule has 2 amide bonds. The summed E-state index contributed by atoms with van der Waals surface area (Å²) in [6.45, 7) is 4.31. The summed E-state index contributed by atoms with van der Waals surface area (Å²) >= 11 is 12.8. The van der Waals surface area contributed by atoms with Gasteiger partial charge in [0, 0.05) is 50.2 Å². The fraction of sp³-hybridized carbons (Fsp3) is 0.375. The summed E-state index contributed by atoms with van der Waals surface area (Å²) in [5.74, 6) is -0.239. The van der Waals surface area contributed by atoms with Crippen LogP contribution in [0.4, 0.5) is 4.39 Å². The zero-order chi connectivity index (χ0) is 28.5. The Bertz CT molecular complexity index is 1360. The topological polar surface area (TPSA) is 52.7 Å². The van der Waals surface area contributed by atoms with Crippen molar-refractivity contribution >= 4 is 35.0 Å². The minimum absolute atomic E-state index is 0.00838. The van der Waals surface area contributed by atoms with Crippen molar-refractivity contribution < 1.29 is 14.0 Å². The molecule has 2 aliphatic rings. The van der Waals surface area contributed by atoms with Crippen LogP contribution in [-0.2, 0) is 27.1 Å². The van der Waals surface area contributed by atoms with Crippen LogP contribution in [0.15, 0.2) is 72.8 Å². The number of likely N-dealkylation sites (tertiary alicyclic amines) is 1. The fourth-order valence-corrected chi connectivity index (χ4v) is 6.91. The van der Waals surface area contributed by atoms with Crippen LogP contribution in [-0.4, -0.2) is 48.3 Å². The van der Waals surface area contributed by atoms with Gasteiger partial charge in [-0.05, 0) is 72.2 Å². The molecule has 3 aromatic rings. The van der Waals surface area contributed by atoms with Crippen molar-refractivity contribution in [3.8, 4) is 0 Å². The highest BCUT2D eigenvalue weighted by Crippen LogP contribution is 2.57. The van der Waals surface area contributed by atoms with E-state index in [1.165, 1.54) is 12.1 Å². The first-order valence-electron chi connectivity index (χ1n) is 13.6. The van der Waals surface area contributed by atoms with E-state index in [0.29, 0.717) is 23.0 Å². The predicted molar refractivity (Wildman–Crippen MR) is 157 cm³/mol. The van der Waals surface area contributed by atoms with Gasteiger partial charge >= 0.3 is 0 Å². The van der Waals surface area contributed by atoms with E-state index in [0.717, 1.165) is 49.2 Å². The summed E-state index contributed by atoms with van der Waals surface area (Å²) in [4.78, 5) is 30.3. The number of hydrogen-bond donors (Lipinski definition) is 1. The molecule has 5 nitrogen and oxygen atoms in total. The average Bonchev–Trinajstić information content (AvgIpc) is 3.65. The first-order chi connectivity index (χ1) is 19.1. The van der Waals surface area contributed by atoms with Crippen molar-refractivity contribution in [1.82, 2.24) is 15.1 Å². The Morgan fingerprint density at radius 2 is 1.60 bits per heavy atom. The lowest BCUT2D eigenvalue weighted by molar-refractivity contribution is -0.133. The Labute approximate surface area is 245 Å². The van der Waals surface area contributed by atoms with Crippen LogP contribution in [0.25, 0.3) is 0 Å². The van der Waals surface area contributed by atoms with E-state index in [1.54, 1.807) is 37.1 Å². The van der Waals surface area contributed by atoms with Gasteiger partial charge in [-0.2, -0.15) is 0 Å². The summed E-state index contributed by atoms with van der Waals surface area (Å²) in [5, 5.41) is 4.24. The molecule has 2 atom stereocenters. The highest BCUT2D eigenvalue weighted by molar-refractivity contribution is 6.34. The summed E-state index contributed by atoms with van der Waals surface area (Å²) in [7, 11) is 1.79. The van der Waals surface area contributed by atoms with Gasteiger partial charge < -0.3 is 15.1 Å². The minimum atomic E-state index is -0.727. The SMILES string of the molecule is CC(=O)NC1(c2ccccc2)CCN(C[C@@H]2C[C@@]2(C(=O)N(C)Cc2ccc(F)cc2)c2cc(Cl)cc(Cl)c2)CC1. The van der Waals surface area contributed by atoms with Crippen molar-refractivity contribution in [2.45, 2.75) is 43.7 Å². The predicted octanol–water partition coefficient (Wildman–Crippen LogP) is 6.18. The van der Waals surface area contributed by atoms with E-state index in [-0.39, 0.29) is 23.5 Å². The highest BCUT2D eigenvalue weighted by Gasteiger charge is 2.62. The summed E-state index contributed by atoms with van der Waals surface area (Å²) < 4.78 is 13.4. The third kappa shape index (κ3) is 5.90. The molecule has 1 saturated carbocycles. The Morgan fingerprint density at radius 3 is 2.20 bits per heavy atom. The van der Waals surface area contributed by atoms with Crippen molar-refractivity contribution in [2.75, 3.05) is 26.7 Å². The summed E-state index contributed by atoms with van der Waals surface area (Å²) in [6, 6.07) is 21.8. The Hall–Kier alpha value is -2.93. The second-order valence-corrected chi connectivity index (χ2v) is 12.1. The molecule has 1 aliphatic heterocycles. The maximum atomic E-state index is 14.1. The molecule has 2 fully saturated rings. The Morgan fingerprint density at radius 1 is 0.975 bits per heavy atom. The first kappa shape index (κ1) is 28.6. The number of benzene rings is 3. The quantitative estimate of drug-likeness (QED) is 0.346. The molecule has 210 valence electrons. The zero-order valence-electron chi connectivity index (χ0n) is 22.8. The molecule has 5 rings (SSSR count). The zero-order valence-corrected chi connectivity index (χ0v) is 24.3. The lowest BCUT2D eigenvalue weighted by Crippen LogP contribution is -2.53. The van der Waals surface area contributed by atoms with Gasteiger partial charge in [-0.1, -0.05) is 65.7 Å². The first-order valence-corrected chi connectivity index (χ1v) is 14.4. The standard InChI is InChI=1S/C32H34Cl2FN3O2/c1-22(39)36-31(24-6-4-3-5-7-24)12-14-38(15-13-31)21-26-19-32(26,25-16-27(33)18-28(34)17-25)30(40)37(2)20-23-8-10-29(35)11-9-23/h3-11,16-18,26H,12-15,19-21H2,1-2H3,(H,36,39)/t26-,32+/m0/s1. The van der Waals surface area contributed by atoms with Gasteiger partial charge in [0.25, 0.3) is 0 Å². The van der Waals surface area contributed by atoms with Crippen molar-refractivity contribution in [3.63, 3.8) is 0 Å². The normalized spacial score (nSPS) is 22.0. The molecule has 1 N–H and O–H groups in total. The van der Waals surface area contributed by atoms with E-state index in [2.05, 4.69) is 22.3 Å². The highest BCUT2D eigenvalue weighted by atomic mass is 35.5. The molecule has 40 heavy (non-hydrogen) atoms. The molecule has 8 heteroatoms. The van der Waals surface area contributed by atoms with Gasteiger partial charge in [0.1, 0.15) is 5.82 Å². The van der Waals surface area contributed by atoms with Crippen molar-refractivity contribution in [3.05, 3.63) is 105 Å². The van der Waals surface area contributed by atoms with Crippen molar-refractivity contribution in [1.29, 1.82) is 0 Å². The summed E-state index contributed by atoms with van der Waals surface area (Å²) in [6.07, 6.45) is 2.28. The molecular weight excluding hydrogens is 548 g/mol. The largest absolute Gasteiger partial charge is 0.347 e. The molecule has 0 spiro atoms. The number of piperidine rings is 1. The lowest BCUT2D eigenvalue weighted by Gasteiger charge is -2.43.